The standard InChI is InChI=1S/C27H31O2P.Li.H/c1-18-16-23(29-17-21-10-8-7-9-11-21)12-13-24(18)30-26(28)25-19(2)14-22(15-20(25)3)27(4,5)6;;/h7-16,30H,17H2,1-6H3;;/q;+1;-1. The Kier molecular flexibility index (Phi) is 8.73. The van der Waals surface area contributed by atoms with Crippen LogP contribution in [0, 0.1) is 20.8 Å². The molecule has 0 saturated carbocycles. The minimum absolute atomic E-state index is 0. The van der Waals surface area contributed by atoms with Crippen LogP contribution in [-0.2, 0) is 12.0 Å². The van der Waals surface area contributed by atoms with E-state index in [1.807, 2.05) is 57.2 Å². The molecule has 0 aliphatic rings. The zero-order valence-corrected chi connectivity index (χ0v) is 20.8. The minimum Gasteiger partial charge on any atom is -1.00 e. The Labute approximate surface area is 202 Å². The molecule has 0 radical (unpaired) electrons. The van der Waals surface area contributed by atoms with E-state index in [2.05, 4.69) is 45.0 Å². The zero-order valence-electron chi connectivity index (χ0n) is 20.8. The number of hydrogen-bond donors (Lipinski definition) is 0. The third-order valence-corrected chi connectivity index (χ3v) is 6.63. The Morgan fingerprint density at radius 2 is 1.52 bits per heavy atom. The number of ether oxygens (including phenoxy) is 1. The Bertz CT molecular complexity index is 1040. The number of rotatable bonds is 6. The summed E-state index contributed by atoms with van der Waals surface area (Å²) in [4.78, 5) is 13.1. The molecule has 0 amide bonds. The first-order chi connectivity index (χ1) is 14.1. The molecule has 0 saturated heterocycles. The first-order valence-electron chi connectivity index (χ1n) is 10.4. The molecule has 1 atom stereocenters. The van der Waals surface area contributed by atoms with E-state index >= 15 is 0 Å². The van der Waals surface area contributed by atoms with Gasteiger partial charge in [0.15, 0.2) is 5.52 Å². The van der Waals surface area contributed by atoms with Gasteiger partial charge in [0.1, 0.15) is 12.4 Å². The second kappa shape index (κ2) is 10.7. The third kappa shape index (κ3) is 6.57. The molecule has 31 heavy (non-hydrogen) atoms. The molecule has 0 aromatic heterocycles. The van der Waals surface area contributed by atoms with Crippen LogP contribution in [0.25, 0.3) is 0 Å². The molecule has 0 N–H and O–H groups in total. The van der Waals surface area contributed by atoms with Gasteiger partial charge in [-0.15, -0.1) is 0 Å². The van der Waals surface area contributed by atoms with Crippen molar-refractivity contribution in [2.24, 2.45) is 0 Å². The van der Waals surface area contributed by atoms with Crippen molar-refractivity contribution in [3.05, 3.63) is 94.0 Å². The SMILES string of the molecule is Cc1cc(OCc2ccccc2)ccc1PC(=O)c1c(C)cc(C(C)(C)C)cc1C.[H-].[Li+]. The Morgan fingerprint density at radius 3 is 2.06 bits per heavy atom. The maximum atomic E-state index is 13.1. The summed E-state index contributed by atoms with van der Waals surface area (Å²) in [5, 5.41) is 1.07. The van der Waals surface area contributed by atoms with Crippen LogP contribution in [0.3, 0.4) is 0 Å². The number of hydrogen-bond acceptors (Lipinski definition) is 2. The van der Waals surface area contributed by atoms with Crippen LogP contribution in [0.2, 0.25) is 0 Å². The van der Waals surface area contributed by atoms with Crippen LogP contribution in [0.15, 0.2) is 60.7 Å². The van der Waals surface area contributed by atoms with Crippen molar-refractivity contribution in [1.82, 2.24) is 0 Å². The maximum absolute atomic E-state index is 13.1. The fourth-order valence-corrected chi connectivity index (χ4v) is 4.75. The second-order valence-corrected chi connectivity index (χ2v) is 10.2. The van der Waals surface area contributed by atoms with Crippen LogP contribution in [0.4, 0.5) is 0 Å². The van der Waals surface area contributed by atoms with Gasteiger partial charge in [0, 0.05) is 5.56 Å². The molecule has 0 bridgehead atoms. The van der Waals surface area contributed by atoms with Crippen molar-refractivity contribution in [1.29, 1.82) is 0 Å². The molecule has 0 fully saturated rings. The number of carbonyl (C=O) groups is 1. The van der Waals surface area contributed by atoms with Gasteiger partial charge in [0.25, 0.3) is 0 Å². The van der Waals surface area contributed by atoms with Gasteiger partial charge in [-0.25, -0.2) is 0 Å². The van der Waals surface area contributed by atoms with Gasteiger partial charge in [-0.1, -0.05) is 69.3 Å². The molecule has 0 spiro atoms. The molecule has 4 heteroatoms. The van der Waals surface area contributed by atoms with Gasteiger partial charge in [0.2, 0.25) is 0 Å². The summed E-state index contributed by atoms with van der Waals surface area (Å²) in [6.07, 6.45) is 0. The fraction of sp³-hybridized carbons (Fsp3) is 0.296. The quantitative estimate of drug-likeness (QED) is 0.443. The summed E-state index contributed by atoms with van der Waals surface area (Å²) in [6.45, 7) is 13.3. The predicted octanol–water partition coefficient (Wildman–Crippen LogP) is 3.75. The van der Waals surface area contributed by atoms with Gasteiger partial charge < -0.3 is 6.16 Å². The molecule has 0 aliphatic carbocycles. The average Bonchev–Trinajstić information content (AvgIpc) is 2.68. The minimum atomic E-state index is 0. The van der Waals surface area contributed by atoms with Crippen molar-refractivity contribution in [3.63, 3.8) is 0 Å². The molecule has 158 valence electrons. The molecule has 2 nitrogen and oxygen atoms in total. The van der Waals surface area contributed by atoms with Crippen LogP contribution >= 0.6 is 8.58 Å². The van der Waals surface area contributed by atoms with Crippen molar-refractivity contribution in [2.45, 2.75) is 53.6 Å². The number of benzene rings is 3. The molecule has 0 aliphatic heterocycles. The van der Waals surface area contributed by atoms with Crippen LogP contribution in [0.1, 0.15) is 60.4 Å². The summed E-state index contributed by atoms with van der Waals surface area (Å²) in [5.74, 6) is 0.833. The van der Waals surface area contributed by atoms with Gasteiger partial charge in [-0.3, -0.25) is 4.79 Å². The van der Waals surface area contributed by atoms with Crippen molar-refractivity contribution in [3.8, 4) is 5.75 Å². The van der Waals surface area contributed by atoms with Crippen LogP contribution < -0.4 is 28.9 Å². The smallest absolute Gasteiger partial charge is 1.00 e. The molecule has 1 unspecified atom stereocenters. The summed E-state index contributed by atoms with van der Waals surface area (Å²) in [6, 6.07) is 20.5. The van der Waals surface area contributed by atoms with Crippen LogP contribution in [-0.4, -0.2) is 5.52 Å². The first-order valence-corrected chi connectivity index (χ1v) is 11.4. The Morgan fingerprint density at radius 1 is 0.903 bits per heavy atom. The van der Waals surface area contributed by atoms with Crippen molar-refractivity contribution in [2.75, 3.05) is 0 Å². The summed E-state index contributed by atoms with van der Waals surface area (Å²) >= 11 is 0. The Balaban J connectivity index is 0.00000256. The Hall–Kier alpha value is -1.84. The zero-order chi connectivity index (χ0) is 21.9. The molecular formula is C27H32LiO2P. The predicted molar refractivity (Wildman–Crippen MR) is 130 cm³/mol. The van der Waals surface area contributed by atoms with E-state index in [0.29, 0.717) is 6.61 Å². The summed E-state index contributed by atoms with van der Waals surface area (Å²) in [5.41, 5.74) is 6.78. The number of carbonyl (C=O) groups excluding carboxylic acids is 1. The van der Waals surface area contributed by atoms with Gasteiger partial charge in [-0.05, 0) is 80.0 Å². The van der Waals surface area contributed by atoms with E-state index in [1.165, 1.54) is 5.56 Å². The monoisotopic (exact) mass is 426 g/mol. The molecule has 0 heterocycles. The average molecular weight is 426 g/mol. The summed E-state index contributed by atoms with van der Waals surface area (Å²) in [7, 11) is 0.108. The molecular weight excluding hydrogens is 394 g/mol. The molecule has 3 aromatic rings. The third-order valence-electron chi connectivity index (χ3n) is 5.32. The van der Waals surface area contributed by atoms with E-state index in [1.54, 1.807) is 0 Å². The number of aryl methyl sites for hydroxylation is 3. The van der Waals surface area contributed by atoms with Gasteiger partial charge in [-0.2, -0.15) is 0 Å². The van der Waals surface area contributed by atoms with Crippen molar-refractivity contribution >= 4 is 19.4 Å². The largest absolute Gasteiger partial charge is 1.00 e. The van der Waals surface area contributed by atoms with E-state index in [-0.39, 0.29) is 39.8 Å². The van der Waals surface area contributed by atoms with E-state index in [9.17, 15) is 4.79 Å². The molecule has 3 rings (SSSR count). The fourth-order valence-electron chi connectivity index (χ4n) is 3.55. The molecule has 3 aromatic carbocycles. The van der Waals surface area contributed by atoms with E-state index in [4.69, 9.17) is 4.74 Å². The normalized spacial score (nSPS) is 11.4. The topological polar surface area (TPSA) is 26.3 Å². The van der Waals surface area contributed by atoms with Crippen molar-refractivity contribution < 1.29 is 29.8 Å². The van der Waals surface area contributed by atoms with Gasteiger partial charge in [0.05, 0.1) is 0 Å². The maximum Gasteiger partial charge on any atom is 1.00 e. The van der Waals surface area contributed by atoms with E-state index < -0.39 is 0 Å². The van der Waals surface area contributed by atoms with Gasteiger partial charge >= 0.3 is 18.9 Å². The van der Waals surface area contributed by atoms with E-state index in [0.717, 1.165) is 38.9 Å². The van der Waals surface area contributed by atoms with Crippen LogP contribution in [0.5, 0.6) is 5.75 Å². The second-order valence-electron chi connectivity index (χ2n) is 8.94. The first kappa shape index (κ1) is 25.4. The summed E-state index contributed by atoms with van der Waals surface area (Å²) < 4.78 is 5.92.